The van der Waals surface area contributed by atoms with Crippen LogP contribution in [-0.2, 0) is 4.74 Å². The summed E-state index contributed by atoms with van der Waals surface area (Å²) in [6.45, 7) is 3.18. The van der Waals surface area contributed by atoms with Crippen molar-refractivity contribution in [3.05, 3.63) is 0 Å². The maximum Gasteiger partial charge on any atom is 0.119 e. The predicted molar refractivity (Wildman–Crippen MR) is 44.2 cm³/mol. The van der Waals surface area contributed by atoms with Crippen molar-refractivity contribution in [3.63, 3.8) is 0 Å². The van der Waals surface area contributed by atoms with Gasteiger partial charge in [0.05, 0.1) is 0 Å². The normalized spacial score (nSPS) is 25.4. The van der Waals surface area contributed by atoms with Crippen molar-refractivity contribution >= 4 is 0 Å². The summed E-state index contributed by atoms with van der Waals surface area (Å²) in [7, 11) is 3.96. The van der Waals surface area contributed by atoms with Gasteiger partial charge in [-0.25, -0.2) is 0 Å². The molecule has 0 amide bonds. The largest absolute Gasteiger partial charge is 0.372 e. The van der Waals surface area contributed by atoms with Gasteiger partial charge in [-0.05, 0) is 19.9 Å². The molecule has 1 rings (SSSR count). The van der Waals surface area contributed by atoms with Gasteiger partial charge in [-0.1, -0.05) is 0 Å². The zero-order valence-electron chi connectivity index (χ0n) is 7.60. The number of likely N-dealkylation sites (tertiary alicyclic amines) is 1. The highest BCUT2D eigenvalue weighted by molar-refractivity contribution is 4.85. The van der Waals surface area contributed by atoms with Crippen LogP contribution in [-0.4, -0.2) is 44.3 Å². The van der Waals surface area contributed by atoms with Crippen molar-refractivity contribution < 1.29 is 10.5 Å². The predicted octanol–water partition coefficient (Wildman–Crippen LogP) is -0.661. The third-order valence-corrected chi connectivity index (χ3v) is 2.79. The van der Waals surface area contributed by atoms with E-state index in [1.54, 1.807) is 7.11 Å². The monoisotopic (exact) mass is 159 g/mol. The Morgan fingerprint density at radius 1 is 1.45 bits per heavy atom. The highest BCUT2D eigenvalue weighted by Gasteiger charge is 2.33. The fraction of sp³-hybridized carbons (Fsp3) is 1.00. The summed E-state index contributed by atoms with van der Waals surface area (Å²) in [6, 6.07) is 0. The van der Waals surface area contributed by atoms with Gasteiger partial charge < -0.3 is 15.4 Å². The number of quaternary nitrogens is 1. The quantitative estimate of drug-likeness (QED) is 0.581. The topological polar surface area (TPSA) is 40.1 Å². The first-order valence-corrected chi connectivity index (χ1v) is 4.25. The zero-order chi connectivity index (χ0) is 8.32. The first kappa shape index (κ1) is 8.97. The van der Waals surface area contributed by atoms with Gasteiger partial charge in [-0.3, -0.25) is 0 Å². The van der Waals surface area contributed by atoms with Gasteiger partial charge in [0.15, 0.2) is 0 Å². The summed E-state index contributed by atoms with van der Waals surface area (Å²) in [6.07, 6.45) is 2.26. The Hall–Kier alpha value is -0.120. The van der Waals surface area contributed by atoms with E-state index in [2.05, 4.69) is 17.7 Å². The van der Waals surface area contributed by atoms with Crippen molar-refractivity contribution in [1.82, 2.24) is 4.90 Å². The standard InChI is InChI=1S/C8H18N2O/c1-10-5-3-8(7-9,11-2)4-6-10/h3-7,9H2,1-2H3/p+1. The average molecular weight is 159 g/mol. The number of ether oxygens (including phenoxy) is 1. The van der Waals surface area contributed by atoms with Gasteiger partial charge in [0.2, 0.25) is 0 Å². The molecule has 0 spiro atoms. The fourth-order valence-corrected chi connectivity index (χ4v) is 1.58. The van der Waals surface area contributed by atoms with E-state index >= 15 is 0 Å². The summed E-state index contributed by atoms with van der Waals surface area (Å²) < 4.78 is 5.49. The first-order valence-electron chi connectivity index (χ1n) is 4.25. The van der Waals surface area contributed by atoms with Crippen molar-refractivity contribution in [2.45, 2.75) is 18.4 Å². The SMILES string of the molecule is COC1(C[NH3+])CCN(C)CC1. The molecular weight excluding hydrogens is 140 g/mol. The second kappa shape index (κ2) is 3.52. The Kier molecular flexibility index (Phi) is 2.87. The highest BCUT2D eigenvalue weighted by atomic mass is 16.5. The summed E-state index contributed by atoms with van der Waals surface area (Å²) >= 11 is 0. The molecule has 0 unspecified atom stereocenters. The minimum absolute atomic E-state index is 0.0898. The molecule has 3 nitrogen and oxygen atoms in total. The van der Waals surface area contributed by atoms with E-state index < -0.39 is 0 Å². The molecule has 1 heterocycles. The molecule has 0 aliphatic carbocycles. The van der Waals surface area contributed by atoms with E-state index in [9.17, 15) is 0 Å². The van der Waals surface area contributed by atoms with E-state index in [-0.39, 0.29) is 5.60 Å². The Balaban J connectivity index is 2.45. The Bertz CT molecular complexity index is 113. The van der Waals surface area contributed by atoms with Gasteiger partial charge in [0, 0.05) is 20.2 Å². The summed E-state index contributed by atoms with van der Waals surface area (Å²) in [5.74, 6) is 0. The second-order valence-electron chi connectivity index (χ2n) is 3.44. The van der Waals surface area contributed by atoms with Crippen LogP contribution in [0.2, 0.25) is 0 Å². The van der Waals surface area contributed by atoms with E-state index in [4.69, 9.17) is 4.74 Å². The molecule has 3 heteroatoms. The molecule has 1 saturated heterocycles. The van der Waals surface area contributed by atoms with E-state index in [1.807, 2.05) is 0 Å². The maximum absolute atomic E-state index is 5.49. The van der Waals surface area contributed by atoms with Crippen LogP contribution in [0.5, 0.6) is 0 Å². The molecule has 0 aromatic rings. The molecule has 0 radical (unpaired) electrons. The maximum atomic E-state index is 5.49. The number of methoxy groups -OCH3 is 1. The van der Waals surface area contributed by atoms with Crippen LogP contribution in [0.25, 0.3) is 0 Å². The van der Waals surface area contributed by atoms with Gasteiger partial charge in [0.1, 0.15) is 12.1 Å². The summed E-state index contributed by atoms with van der Waals surface area (Å²) in [5, 5.41) is 0. The lowest BCUT2D eigenvalue weighted by molar-refractivity contribution is -0.404. The van der Waals surface area contributed by atoms with Gasteiger partial charge in [-0.15, -0.1) is 0 Å². The van der Waals surface area contributed by atoms with Crippen molar-refractivity contribution in [3.8, 4) is 0 Å². The highest BCUT2D eigenvalue weighted by Crippen LogP contribution is 2.22. The molecule has 1 aliphatic heterocycles. The lowest BCUT2D eigenvalue weighted by atomic mass is 9.91. The lowest BCUT2D eigenvalue weighted by Crippen LogP contribution is -2.64. The van der Waals surface area contributed by atoms with E-state index in [1.165, 1.54) is 0 Å². The average Bonchev–Trinajstić information content (AvgIpc) is 2.07. The van der Waals surface area contributed by atoms with Crippen LogP contribution in [0.3, 0.4) is 0 Å². The second-order valence-corrected chi connectivity index (χ2v) is 3.44. The summed E-state index contributed by atoms with van der Waals surface area (Å²) in [5.41, 5.74) is 4.02. The van der Waals surface area contributed by atoms with Crippen LogP contribution < -0.4 is 5.73 Å². The smallest absolute Gasteiger partial charge is 0.119 e. The van der Waals surface area contributed by atoms with Gasteiger partial charge in [0.25, 0.3) is 0 Å². The molecule has 0 aromatic heterocycles. The van der Waals surface area contributed by atoms with Crippen LogP contribution in [0.1, 0.15) is 12.8 Å². The first-order chi connectivity index (χ1) is 5.22. The number of hydrogen-bond acceptors (Lipinski definition) is 2. The molecule has 1 aliphatic rings. The molecule has 66 valence electrons. The number of nitrogens with zero attached hydrogens (tertiary/aromatic N) is 1. The molecule has 3 N–H and O–H groups in total. The minimum atomic E-state index is 0.0898. The fourth-order valence-electron chi connectivity index (χ4n) is 1.58. The van der Waals surface area contributed by atoms with Crippen LogP contribution in [0.15, 0.2) is 0 Å². The molecular formula is C8H19N2O+. The Labute approximate surface area is 68.5 Å². The molecule has 0 saturated carbocycles. The molecule has 1 fully saturated rings. The minimum Gasteiger partial charge on any atom is -0.372 e. The van der Waals surface area contributed by atoms with E-state index in [0.29, 0.717) is 0 Å². The zero-order valence-corrected chi connectivity index (χ0v) is 7.60. The van der Waals surface area contributed by atoms with Crippen LogP contribution in [0.4, 0.5) is 0 Å². The van der Waals surface area contributed by atoms with Crippen molar-refractivity contribution in [2.24, 2.45) is 0 Å². The number of rotatable bonds is 2. The van der Waals surface area contributed by atoms with Gasteiger partial charge >= 0.3 is 0 Å². The third-order valence-electron chi connectivity index (χ3n) is 2.79. The molecule has 0 bridgehead atoms. The lowest BCUT2D eigenvalue weighted by Gasteiger charge is -2.37. The molecule has 0 aromatic carbocycles. The Morgan fingerprint density at radius 3 is 2.36 bits per heavy atom. The summed E-state index contributed by atoms with van der Waals surface area (Å²) in [4.78, 5) is 2.34. The number of hydrogen-bond donors (Lipinski definition) is 1. The van der Waals surface area contributed by atoms with Gasteiger partial charge in [-0.2, -0.15) is 0 Å². The third kappa shape index (κ3) is 1.92. The number of piperidine rings is 1. The van der Waals surface area contributed by atoms with E-state index in [0.717, 1.165) is 32.5 Å². The molecule has 0 atom stereocenters. The van der Waals surface area contributed by atoms with Crippen LogP contribution >= 0.6 is 0 Å². The van der Waals surface area contributed by atoms with Crippen molar-refractivity contribution in [2.75, 3.05) is 33.8 Å². The van der Waals surface area contributed by atoms with Crippen molar-refractivity contribution in [1.29, 1.82) is 0 Å². The Morgan fingerprint density at radius 2 is 2.00 bits per heavy atom. The van der Waals surface area contributed by atoms with Crippen LogP contribution in [0, 0.1) is 0 Å². The molecule has 11 heavy (non-hydrogen) atoms.